The Kier molecular flexibility index (Phi) is 8.37. The molecule has 2 aromatic rings. The van der Waals surface area contributed by atoms with Crippen molar-refractivity contribution >= 4 is 5.96 Å². The van der Waals surface area contributed by atoms with Crippen molar-refractivity contribution in [3.63, 3.8) is 0 Å². The number of hydrogen-bond acceptors (Lipinski definition) is 3. The van der Waals surface area contributed by atoms with Crippen LogP contribution < -0.4 is 10.6 Å². The highest BCUT2D eigenvalue weighted by Crippen LogP contribution is 2.23. The van der Waals surface area contributed by atoms with E-state index >= 15 is 0 Å². The Morgan fingerprint density at radius 1 is 1.00 bits per heavy atom. The van der Waals surface area contributed by atoms with E-state index in [4.69, 9.17) is 0 Å². The predicted octanol–water partition coefficient (Wildman–Crippen LogP) is 3.53. The zero-order chi connectivity index (χ0) is 22.2. The summed E-state index contributed by atoms with van der Waals surface area (Å²) in [4.78, 5) is 8.52. The summed E-state index contributed by atoms with van der Waals surface area (Å²) in [6.45, 7) is 4.32. The molecule has 31 heavy (non-hydrogen) atoms. The lowest BCUT2D eigenvalue weighted by Crippen LogP contribution is -2.41. The fraction of sp³-hybridized carbons (Fsp3) is 0.458. The molecule has 1 aliphatic heterocycles. The van der Waals surface area contributed by atoms with E-state index in [1.807, 2.05) is 0 Å². The van der Waals surface area contributed by atoms with Crippen molar-refractivity contribution in [3.8, 4) is 0 Å². The Balaban J connectivity index is 1.54. The second kappa shape index (κ2) is 11.2. The summed E-state index contributed by atoms with van der Waals surface area (Å²) in [5, 5.41) is 6.47. The van der Waals surface area contributed by atoms with E-state index < -0.39 is 17.7 Å². The van der Waals surface area contributed by atoms with Gasteiger partial charge in [-0.15, -0.1) is 0 Å². The number of nitrogens with zero attached hydrogens (tertiary/aromatic N) is 3. The van der Waals surface area contributed by atoms with Crippen molar-refractivity contribution < 1.29 is 8.78 Å². The topological polar surface area (TPSA) is 42.9 Å². The van der Waals surface area contributed by atoms with Crippen LogP contribution in [0.1, 0.15) is 35.6 Å². The molecule has 0 aliphatic carbocycles. The van der Waals surface area contributed by atoms with Gasteiger partial charge in [0.1, 0.15) is 11.6 Å². The number of rotatable bonds is 8. The molecule has 7 heteroatoms. The lowest BCUT2D eigenvalue weighted by molar-refractivity contribution is 0.282. The molecule has 2 aromatic carbocycles. The first kappa shape index (κ1) is 23.2. The van der Waals surface area contributed by atoms with Gasteiger partial charge in [0.15, 0.2) is 5.96 Å². The summed E-state index contributed by atoms with van der Waals surface area (Å²) in [5.41, 5.74) is 2.54. The number of guanidine groups is 1. The molecule has 1 fully saturated rings. The number of likely N-dealkylation sites (N-methyl/N-ethyl adjacent to an activating group) is 1. The van der Waals surface area contributed by atoms with Crippen LogP contribution in [0.5, 0.6) is 0 Å². The highest BCUT2D eigenvalue weighted by molar-refractivity contribution is 5.79. The van der Waals surface area contributed by atoms with Crippen LogP contribution in [0.25, 0.3) is 0 Å². The molecule has 1 heterocycles. The average molecular weight is 430 g/mol. The Morgan fingerprint density at radius 3 is 2.19 bits per heavy atom. The maximum atomic E-state index is 14.3. The van der Waals surface area contributed by atoms with Gasteiger partial charge < -0.3 is 15.5 Å². The molecule has 0 aromatic heterocycles. The fourth-order valence-electron chi connectivity index (χ4n) is 3.93. The third-order valence-corrected chi connectivity index (χ3v) is 5.73. The zero-order valence-electron chi connectivity index (χ0n) is 18.7. The number of likely N-dealkylation sites (tertiary alicyclic amines) is 1. The van der Waals surface area contributed by atoms with Crippen LogP contribution in [-0.2, 0) is 13.1 Å². The van der Waals surface area contributed by atoms with Gasteiger partial charge >= 0.3 is 0 Å². The normalized spacial score (nSPS) is 16.0. The smallest absolute Gasteiger partial charge is 0.191 e. The number of aliphatic imine (C=N–C) groups is 1. The molecule has 1 unspecified atom stereocenters. The maximum Gasteiger partial charge on any atom is 0.191 e. The first-order valence-corrected chi connectivity index (χ1v) is 10.8. The van der Waals surface area contributed by atoms with Crippen LogP contribution in [0.15, 0.2) is 47.5 Å². The molecule has 3 rings (SSSR count). The van der Waals surface area contributed by atoms with Gasteiger partial charge in [0, 0.05) is 32.2 Å². The highest BCUT2D eigenvalue weighted by atomic mass is 19.1. The summed E-state index contributed by atoms with van der Waals surface area (Å²) < 4.78 is 28.5. The van der Waals surface area contributed by atoms with Crippen molar-refractivity contribution in [2.75, 3.05) is 40.8 Å². The van der Waals surface area contributed by atoms with E-state index in [1.165, 1.54) is 49.7 Å². The summed E-state index contributed by atoms with van der Waals surface area (Å²) in [6.07, 6.45) is 2.60. The van der Waals surface area contributed by atoms with E-state index in [-0.39, 0.29) is 5.56 Å². The van der Waals surface area contributed by atoms with Crippen molar-refractivity contribution in [3.05, 3.63) is 70.8 Å². The van der Waals surface area contributed by atoms with Crippen molar-refractivity contribution in [2.24, 2.45) is 4.99 Å². The summed E-state index contributed by atoms with van der Waals surface area (Å²) in [5.74, 6) is -0.500. The Morgan fingerprint density at radius 2 is 1.61 bits per heavy atom. The highest BCUT2D eigenvalue weighted by Gasteiger charge is 2.22. The predicted molar refractivity (Wildman–Crippen MR) is 122 cm³/mol. The number of halogens is 2. The molecule has 0 radical (unpaired) electrons. The molecule has 2 N–H and O–H groups in total. The third kappa shape index (κ3) is 6.48. The first-order valence-electron chi connectivity index (χ1n) is 10.8. The molecule has 0 spiro atoms. The molecule has 5 nitrogen and oxygen atoms in total. The molecule has 1 aliphatic rings. The summed E-state index contributed by atoms with van der Waals surface area (Å²) in [7, 11) is 5.29. The summed E-state index contributed by atoms with van der Waals surface area (Å²) >= 11 is 0. The number of benzene rings is 2. The fourth-order valence-corrected chi connectivity index (χ4v) is 3.93. The first-order chi connectivity index (χ1) is 15.0. The standard InChI is InChI=1S/C24H33F2N5/c1-27-24(29-16-22(30(2)3)23-20(25)7-6-8-21(23)26)28-15-18-9-11-19(12-10-18)17-31-13-4-5-14-31/h6-12,22H,4-5,13-17H2,1-3H3,(H2,27,28,29). The molecule has 0 saturated carbocycles. The Labute approximate surface area is 184 Å². The minimum atomic E-state index is -0.544. The molecular weight excluding hydrogens is 396 g/mol. The van der Waals surface area contributed by atoms with Crippen LogP contribution in [0.2, 0.25) is 0 Å². The second-order valence-electron chi connectivity index (χ2n) is 8.22. The lowest BCUT2D eigenvalue weighted by atomic mass is 10.0. The van der Waals surface area contributed by atoms with Crippen molar-refractivity contribution in [2.45, 2.75) is 32.0 Å². The summed E-state index contributed by atoms with van der Waals surface area (Å²) in [6, 6.07) is 12.1. The minimum absolute atomic E-state index is 0.0593. The maximum absolute atomic E-state index is 14.3. The third-order valence-electron chi connectivity index (χ3n) is 5.73. The van der Waals surface area contributed by atoms with Crippen molar-refractivity contribution in [1.82, 2.24) is 20.4 Å². The van der Waals surface area contributed by atoms with Gasteiger partial charge in [0.05, 0.1) is 6.04 Å². The molecule has 1 atom stereocenters. The van der Waals surface area contributed by atoms with Gasteiger partial charge in [-0.05, 0) is 63.3 Å². The second-order valence-corrected chi connectivity index (χ2v) is 8.22. The lowest BCUT2D eigenvalue weighted by Gasteiger charge is -2.26. The molecule has 0 amide bonds. The van der Waals surface area contributed by atoms with E-state index in [9.17, 15) is 8.78 Å². The van der Waals surface area contributed by atoms with Crippen LogP contribution in [0.4, 0.5) is 8.78 Å². The molecular formula is C24H33F2N5. The van der Waals surface area contributed by atoms with Gasteiger partial charge in [0.25, 0.3) is 0 Å². The number of nitrogens with one attached hydrogen (secondary N) is 2. The molecule has 1 saturated heterocycles. The van der Waals surface area contributed by atoms with Crippen LogP contribution in [-0.4, -0.2) is 56.5 Å². The van der Waals surface area contributed by atoms with Gasteiger partial charge in [-0.2, -0.15) is 0 Å². The molecule has 168 valence electrons. The Hall–Kier alpha value is -2.51. The van der Waals surface area contributed by atoms with Crippen LogP contribution in [0.3, 0.4) is 0 Å². The van der Waals surface area contributed by atoms with Crippen LogP contribution in [0, 0.1) is 11.6 Å². The van der Waals surface area contributed by atoms with Gasteiger partial charge in [0.2, 0.25) is 0 Å². The van der Waals surface area contributed by atoms with E-state index in [0.29, 0.717) is 19.0 Å². The van der Waals surface area contributed by atoms with E-state index in [2.05, 4.69) is 44.8 Å². The number of hydrogen-bond donors (Lipinski definition) is 2. The minimum Gasteiger partial charge on any atom is -0.354 e. The molecule has 0 bridgehead atoms. The zero-order valence-corrected chi connectivity index (χ0v) is 18.7. The van der Waals surface area contributed by atoms with E-state index in [0.717, 1.165) is 12.1 Å². The van der Waals surface area contributed by atoms with Crippen LogP contribution >= 0.6 is 0 Å². The van der Waals surface area contributed by atoms with Gasteiger partial charge in [-0.25, -0.2) is 8.78 Å². The quantitative estimate of drug-likeness (QED) is 0.498. The monoisotopic (exact) mass is 429 g/mol. The Bertz CT molecular complexity index is 841. The average Bonchev–Trinajstić information content (AvgIpc) is 3.26. The largest absolute Gasteiger partial charge is 0.354 e. The van der Waals surface area contributed by atoms with Gasteiger partial charge in [-0.1, -0.05) is 30.3 Å². The SMILES string of the molecule is CN=C(NCc1ccc(CN2CCCC2)cc1)NCC(c1c(F)cccc1F)N(C)C. The van der Waals surface area contributed by atoms with Crippen molar-refractivity contribution in [1.29, 1.82) is 0 Å². The van der Waals surface area contributed by atoms with E-state index in [1.54, 1.807) is 26.0 Å². The van der Waals surface area contributed by atoms with Gasteiger partial charge in [-0.3, -0.25) is 9.89 Å².